The Morgan fingerprint density at radius 1 is 1.04 bits per heavy atom. The molecule has 2 heterocycles. The first kappa shape index (κ1) is 17.3. The van der Waals surface area contributed by atoms with Crippen molar-refractivity contribution in [1.29, 1.82) is 0 Å². The Balaban J connectivity index is 1.52. The van der Waals surface area contributed by atoms with Gasteiger partial charge >= 0.3 is 0 Å². The molecule has 6 heteroatoms. The monoisotopic (exact) mass is 429 g/mol. The van der Waals surface area contributed by atoms with Crippen molar-refractivity contribution < 1.29 is 4.79 Å². The molecule has 132 valence electrons. The summed E-state index contributed by atoms with van der Waals surface area (Å²) in [7, 11) is 0. The van der Waals surface area contributed by atoms with E-state index in [0.29, 0.717) is 23.7 Å². The lowest BCUT2D eigenvalue weighted by atomic mass is 10.1. The second-order valence-electron chi connectivity index (χ2n) is 6.25. The van der Waals surface area contributed by atoms with Crippen LogP contribution in [0, 0.1) is 0 Å². The van der Waals surface area contributed by atoms with Crippen LogP contribution in [0.4, 0.5) is 5.69 Å². The lowest BCUT2D eigenvalue weighted by Crippen LogP contribution is -2.49. The molecule has 4 rings (SSSR count). The van der Waals surface area contributed by atoms with Crippen molar-refractivity contribution in [3.63, 3.8) is 0 Å². The molecular weight excluding hydrogens is 414 g/mol. The first-order valence-electron chi connectivity index (χ1n) is 8.46. The fourth-order valence-electron chi connectivity index (χ4n) is 3.34. The van der Waals surface area contributed by atoms with Crippen LogP contribution in [0.25, 0.3) is 10.9 Å². The summed E-state index contributed by atoms with van der Waals surface area (Å²) in [5.74, 6) is 0.0727. The lowest BCUT2D eigenvalue weighted by Gasteiger charge is -2.36. The van der Waals surface area contributed by atoms with E-state index in [2.05, 4.69) is 25.8 Å². The van der Waals surface area contributed by atoms with Crippen molar-refractivity contribution in [2.24, 2.45) is 0 Å². The first-order chi connectivity index (χ1) is 12.6. The highest BCUT2D eigenvalue weighted by molar-refractivity contribution is 9.10. The number of nitrogens with zero attached hydrogens (tertiary/aromatic N) is 3. The van der Waals surface area contributed by atoms with E-state index in [1.54, 1.807) is 0 Å². The number of carbonyl (C=O) groups is 1. The molecule has 0 spiro atoms. The van der Waals surface area contributed by atoms with Gasteiger partial charge in [0.2, 0.25) is 0 Å². The maximum atomic E-state index is 12.8. The minimum absolute atomic E-state index is 0.0727. The molecule has 0 bridgehead atoms. The molecular formula is C20H17BrClN3O. The summed E-state index contributed by atoms with van der Waals surface area (Å²) in [6.45, 7) is 2.96. The maximum absolute atomic E-state index is 12.8. The second kappa shape index (κ2) is 7.25. The third-order valence-corrected chi connectivity index (χ3v) is 5.62. The Morgan fingerprint density at radius 3 is 2.58 bits per heavy atom. The summed E-state index contributed by atoms with van der Waals surface area (Å²) in [6, 6.07) is 15.4. The first-order valence-corrected chi connectivity index (χ1v) is 9.63. The molecule has 0 unspecified atom stereocenters. The van der Waals surface area contributed by atoms with Crippen LogP contribution in [0.3, 0.4) is 0 Å². The number of aromatic nitrogens is 1. The topological polar surface area (TPSA) is 36.4 Å². The van der Waals surface area contributed by atoms with Gasteiger partial charge in [-0.15, -0.1) is 0 Å². The second-order valence-corrected chi connectivity index (χ2v) is 7.54. The Hall–Kier alpha value is -2.11. The zero-order valence-corrected chi connectivity index (χ0v) is 16.4. The molecule has 2 aromatic carbocycles. The minimum atomic E-state index is 0.0727. The molecule has 1 aliphatic rings. The fraction of sp³-hybridized carbons (Fsp3) is 0.200. The van der Waals surface area contributed by atoms with E-state index in [0.717, 1.165) is 34.2 Å². The molecule has 0 atom stereocenters. The number of pyridine rings is 1. The lowest BCUT2D eigenvalue weighted by molar-refractivity contribution is 0.0746. The molecule has 0 radical (unpaired) electrons. The van der Waals surface area contributed by atoms with Gasteiger partial charge in [0.15, 0.2) is 0 Å². The van der Waals surface area contributed by atoms with Crippen LogP contribution in [-0.2, 0) is 0 Å². The Morgan fingerprint density at radius 2 is 1.81 bits per heavy atom. The zero-order chi connectivity index (χ0) is 18.1. The van der Waals surface area contributed by atoms with Crippen molar-refractivity contribution in [1.82, 2.24) is 9.88 Å². The summed E-state index contributed by atoms with van der Waals surface area (Å²) < 4.78 is 0.837. The summed E-state index contributed by atoms with van der Waals surface area (Å²) in [5.41, 5.74) is 2.74. The van der Waals surface area contributed by atoms with Crippen LogP contribution in [0.2, 0.25) is 5.02 Å². The van der Waals surface area contributed by atoms with Crippen LogP contribution in [0.5, 0.6) is 0 Å². The predicted molar refractivity (Wildman–Crippen MR) is 109 cm³/mol. The number of fused-ring (bicyclic) bond motifs is 1. The molecule has 1 fully saturated rings. The number of carbonyl (C=O) groups excluding carboxylic acids is 1. The maximum Gasteiger partial charge on any atom is 0.255 e. The summed E-state index contributed by atoms with van der Waals surface area (Å²) in [5, 5.41) is 1.77. The van der Waals surface area contributed by atoms with Gasteiger partial charge in [-0.25, -0.2) is 0 Å². The Labute approximate surface area is 165 Å². The number of rotatable bonds is 2. The van der Waals surface area contributed by atoms with Crippen molar-refractivity contribution in [3.8, 4) is 0 Å². The molecule has 1 aromatic heterocycles. The van der Waals surface area contributed by atoms with E-state index in [4.69, 9.17) is 11.6 Å². The van der Waals surface area contributed by atoms with E-state index < -0.39 is 0 Å². The van der Waals surface area contributed by atoms with E-state index in [1.165, 1.54) is 0 Å². The van der Waals surface area contributed by atoms with Crippen LogP contribution in [0.1, 0.15) is 10.4 Å². The Bertz CT molecular complexity index is 970. The number of amides is 1. The average molecular weight is 431 g/mol. The Kier molecular flexibility index (Phi) is 4.83. The smallest absolute Gasteiger partial charge is 0.255 e. The van der Waals surface area contributed by atoms with Gasteiger partial charge in [-0.3, -0.25) is 9.78 Å². The largest absolute Gasteiger partial charge is 0.367 e. The highest BCUT2D eigenvalue weighted by atomic mass is 79.9. The molecule has 1 aliphatic heterocycles. The van der Waals surface area contributed by atoms with Crippen molar-refractivity contribution in [3.05, 3.63) is 69.8 Å². The summed E-state index contributed by atoms with van der Waals surface area (Å²) in [6.07, 6.45) is 1.81. The highest BCUT2D eigenvalue weighted by Crippen LogP contribution is 2.28. The molecule has 3 aromatic rings. The highest BCUT2D eigenvalue weighted by Gasteiger charge is 2.24. The molecule has 0 saturated carbocycles. The predicted octanol–water partition coefficient (Wildman–Crippen LogP) is 4.61. The van der Waals surface area contributed by atoms with E-state index >= 15 is 0 Å². The van der Waals surface area contributed by atoms with Gasteiger partial charge in [0, 0.05) is 52.9 Å². The van der Waals surface area contributed by atoms with E-state index in [-0.39, 0.29) is 5.91 Å². The third-order valence-electron chi connectivity index (χ3n) is 4.69. The zero-order valence-electron chi connectivity index (χ0n) is 14.0. The molecule has 26 heavy (non-hydrogen) atoms. The number of halogens is 2. The van der Waals surface area contributed by atoms with Gasteiger partial charge in [-0.05, 0) is 52.3 Å². The molecule has 4 nitrogen and oxygen atoms in total. The fourth-order valence-corrected chi connectivity index (χ4v) is 3.96. The van der Waals surface area contributed by atoms with E-state index in [1.807, 2.05) is 59.6 Å². The number of hydrogen-bond donors (Lipinski definition) is 0. The number of benzene rings is 2. The van der Waals surface area contributed by atoms with Crippen molar-refractivity contribution in [2.75, 3.05) is 31.1 Å². The van der Waals surface area contributed by atoms with Crippen LogP contribution in [0.15, 0.2) is 59.2 Å². The number of hydrogen-bond acceptors (Lipinski definition) is 3. The molecule has 1 saturated heterocycles. The third kappa shape index (κ3) is 3.29. The summed E-state index contributed by atoms with van der Waals surface area (Å²) >= 11 is 9.55. The van der Waals surface area contributed by atoms with E-state index in [9.17, 15) is 4.79 Å². The summed E-state index contributed by atoms with van der Waals surface area (Å²) in [4.78, 5) is 21.4. The standard InChI is InChI=1S/C20H17BrClN3O/c21-17-4-2-1-3-15(17)20(26)25-11-9-24(10-12-25)19-7-8-23-18-13-14(22)5-6-16(18)19/h1-8,13H,9-12H2. The quantitative estimate of drug-likeness (QED) is 0.595. The van der Waals surface area contributed by atoms with Gasteiger partial charge in [-0.2, -0.15) is 0 Å². The van der Waals surface area contributed by atoms with Gasteiger partial charge in [0.25, 0.3) is 5.91 Å². The molecule has 1 amide bonds. The van der Waals surface area contributed by atoms with Crippen LogP contribution >= 0.6 is 27.5 Å². The number of anilines is 1. The molecule has 0 N–H and O–H groups in total. The van der Waals surface area contributed by atoms with Gasteiger partial charge in [0.05, 0.1) is 11.1 Å². The number of piperazine rings is 1. The SMILES string of the molecule is O=C(c1ccccc1Br)N1CCN(c2ccnc3cc(Cl)ccc23)CC1. The van der Waals surface area contributed by atoms with Crippen LogP contribution in [-0.4, -0.2) is 42.0 Å². The minimum Gasteiger partial charge on any atom is -0.367 e. The van der Waals surface area contributed by atoms with Gasteiger partial charge in [-0.1, -0.05) is 23.7 Å². The van der Waals surface area contributed by atoms with Crippen molar-refractivity contribution >= 4 is 50.0 Å². The van der Waals surface area contributed by atoms with Crippen LogP contribution < -0.4 is 4.90 Å². The van der Waals surface area contributed by atoms with Gasteiger partial charge in [0.1, 0.15) is 0 Å². The average Bonchev–Trinajstić information content (AvgIpc) is 2.67. The van der Waals surface area contributed by atoms with Crippen molar-refractivity contribution in [2.45, 2.75) is 0 Å². The normalized spacial score (nSPS) is 14.7. The molecule has 0 aliphatic carbocycles. The van der Waals surface area contributed by atoms with Gasteiger partial charge < -0.3 is 9.80 Å².